The van der Waals surface area contributed by atoms with Crippen LogP contribution in [0.1, 0.15) is 32.1 Å². The van der Waals surface area contributed by atoms with Crippen molar-refractivity contribution in [3.8, 4) is 0 Å². The average molecular weight is 231 g/mol. The Morgan fingerprint density at radius 2 is 2.27 bits per heavy atom. The van der Waals surface area contributed by atoms with Crippen molar-refractivity contribution in [2.45, 2.75) is 32.1 Å². The van der Waals surface area contributed by atoms with Crippen LogP contribution >= 0.6 is 11.8 Å². The van der Waals surface area contributed by atoms with Gasteiger partial charge in [0.15, 0.2) is 0 Å². The first-order valence-corrected chi connectivity index (χ1v) is 6.95. The van der Waals surface area contributed by atoms with Crippen molar-refractivity contribution in [2.75, 3.05) is 24.6 Å². The van der Waals surface area contributed by atoms with E-state index in [2.05, 4.69) is 17.1 Å². The molecule has 1 rings (SSSR count). The highest BCUT2D eigenvalue weighted by atomic mass is 32.2. The molecule has 1 unspecified atom stereocenters. The fourth-order valence-corrected chi connectivity index (χ4v) is 3.04. The third-order valence-electron chi connectivity index (χ3n) is 2.70. The van der Waals surface area contributed by atoms with Crippen molar-refractivity contribution in [2.24, 2.45) is 5.92 Å². The molecule has 1 fully saturated rings. The summed E-state index contributed by atoms with van der Waals surface area (Å²) in [4.78, 5) is 10.2. The molecule has 1 aliphatic heterocycles. The third-order valence-corrected chi connectivity index (χ3v) is 3.93. The van der Waals surface area contributed by atoms with Gasteiger partial charge in [-0.15, -0.1) is 0 Å². The number of carboxylic acid groups (broad SMARTS) is 1. The van der Waals surface area contributed by atoms with Crippen LogP contribution in [0.25, 0.3) is 0 Å². The molecule has 0 bridgehead atoms. The second-order valence-electron chi connectivity index (χ2n) is 4.14. The summed E-state index contributed by atoms with van der Waals surface area (Å²) < 4.78 is 0. The highest BCUT2D eigenvalue weighted by molar-refractivity contribution is 7.99. The minimum atomic E-state index is -0.675. The number of hydrogen-bond acceptors (Lipinski definition) is 3. The van der Waals surface area contributed by atoms with Gasteiger partial charge in [-0.2, -0.15) is 11.8 Å². The quantitative estimate of drug-likeness (QED) is 0.627. The zero-order valence-corrected chi connectivity index (χ0v) is 10.0. The lowest BCUT2D eigenvalue weighted by molar-refractivity contribution is -0.137. The number of thioether (sulfide) groups is 1. The molecular formula is C11H21NO2S. The summed E-state index contributed by atoms with van der Waals surface area (Å²) in [6.45, 7) is 2.19. The summed E-state index contributed by atoms with van der Waals surface area (Å²) >= 11 is 2.05. The normalized spacial score (nSPS) is 20.7. The fraction of sp³-hybridized carbons (Fsp3) is 0.909. The number of aliphatic carboxylic acids is 1. The number of carbonyl (C=O) groups is 1. The van der Waals surface area contributed by atoms with E-state index in [1.165, 1.54) is 17.9 Å². The average Bonchev–Trinajstić information content (AvgIpc) is 2.68. The van der Waals surface area contributed by atoms with Gasteiger partial charge in [-0.05, 0) is 49.8 Å². The van der Waals surface area contributed by atoms with Crippen LogP contribution in [0.4, 0.5) is 0 Å². The van der Waals surface area contributed by atoms with Crippen molar-refractivity contribution < 1.29 is 9.90 Å². The lowest BCUT2D eigenvalue weighted by atomic mass is 10.1. The molecule has 0 aromatic heterocycles. The first-order chi connectivity index (χ1) is 7.29. The van der Waals surface area contributed by atoms with E-state index in [4.69, 9.17) is 5.11 Å². The largest absolute Gasteiger partial charge is 0.481 e. The van der Waals surface area contributed by atoms with Gasteiger partial charge in [-0.3, -0.25) is 4.79 Å². The molecule has 0 spiro atoms. The van der Waals surface area contributed by atoms with E-state index in [-0.39, 0.29) is 0 Å². The van der Waals surface area contributed by atoms with Crippen LogP contribution in [0.15, 0.2) is 0 Å². The Morgan fingerprint density at radius 1 is 1.40 bits per heavy atom. The molecule has 0 saturated carbocycles. The molecule has 3 nitrogen and oxygen atoms in total. The predicted octanol–water partition coefficient (Wildman–Crippen LogP) is 1.97. The molecule has 1 saturated heterocycles. The minimum Gasteiger partial charge on any atom is -0.481 e. The van der Waals surface area contributed by atoms with Gasteiger partial charge in [0.25, 0.3) is 0 Å². The Balaban J connectivity index is 1.78. The van der Waals surface area contributed by atoms with E-state index in [1.807, 2.05) is 0 Å². The van der Waals surface area contributed by atoms with Gasteiger partial charge in [0.1, 0.15) is 0 Å². The summed E-state index contributed by atoms with van der Waals surface area (Å²) in [5.74, 6) is 2.83. The van der Waals surface area contributed by atoms with Crippen LogP contribution < -0.4 is 5.32 Å². The molecule has 0 amide bonds. The Bertz CT molecular complexity index is 181. The summed E-state index contributed by atoms with van der Waals surface area (Å²) in [6.07, 6.45) is 4.62. The first-order valence-electron chi connectivity index (χ1n) is 5.79. The Kier molecular flexibility index (Phi) is 6.85. The molecule has 0 aromatic carbocycles. The Labute approximate surface area is 96.0 Å². The zero-order chi connectivity index (χ0) is 10.9. The topological polar surface area (TPSA) is 49.3 Å². The van der Waals surface area contributed by atoms with Crippen molar-refractivity contribution in [1.82, 2.24) is 5.32 Å². The SMILES string of the molecule is O=C(O)CCCCCNCC1CCSC1. The number of carboxylic acids is 1. The smallest absolute Gasteiger partial charge is 0.303 e. The van der Waals surface area contributed by atoms with E-state index in [1.54, 1.807) is 0 Å². The van der Waals surface area contributed by atoms with Crippen molar-refractivity contribution in [3.63, 3.8) is 0 Å². The number of rotatable bonds is 8. The molecule has 1 aliphatic rings. The molecule has 15 heavy (non-hydrogen) atoms. The summed E-state index contributed by atoms with van der Waals surface area (Å²) in [7, 11) is 0. The van der Waals surface area contributed by atoms with Gasteiger partial charge in [0, 0.05) is 6.42 Å². The van der Waals surface area contributed by atoms with Crippen LogP contribution in [0.2, 0.25) is 0 Å². The van der Waals surface area contributed by atoms with Gasteiger partial charge < -0.3 is 10.4 Å². The van der Waals surface area contributed by atoms with Gasteiger partial charge in [-0.25, -0.2) is 0 Å². The molecule has 0 aliphatic carbocycles. The van der Waals surface area contributed by atoms with E-state index in [0.29, 0.717) is 6.42 Å². The molecule has 1 heterocycles. The second kappa shape index (κ2) is 7.99. The third kappa shape index (κ3) is 6.79. The first kappa shape index (κ1) is 12.8. The monoisotopic (exact) mass is 231 g/mol. The molecule has 1 atom stereocenters. The van der Waals surface area contributed by atoms with Gasteiger partial charge in [0.2, 0.25) is 0 Å². The van der Waals surface area contributed by atoms with Crippen LogP contribution in [0.3, 0.4) is 0 Å². The van der Waals surface area contributed by atoms with E-state index >= 15 is 0 Å². The lowest BCUT2D eigenvalue weighted by Crippen LogP contribution is -2.23. The maximum absolute atomic E-state index is 10.2. The number of nitrogens with one attached hydrogen (secondary N) is 1. The Morgan fingerprint density at radius 3 is 2.93 bits per heavy atom. The predicted molar refractivity (Wildman–Crippen MR) is 64.4 cm³/mol. The summed E-state index contributed by atoms with van der Waals surface area (Å²) in [5.41, 5.74) is 0. The van der Waals surface area contributed by atoms with Gasteiger partial charge >= 0.3 is 5.97 Å². The summed E-state index contributed by atoms with van der Waals surface area (Å²) in [6, 6.07) is 0. The van der Waals surface area contributed by atoms with Crippen LogP contribution in [-0.2, 0) is 4.79 Å². The van der Waals surface area contributed by atoms with Crippen molar-refractivity contribution >= 4 is 17.7 Å². The molecule has 4 heteroatoms. The maximum atomic E-state index is 10.2. The second-order valence-corrected chi connectivity index (χ2v) is 5.29. The van der Waals surface area contributed by atoms with Crippen LogP contribution in [0.5, 0.6) is 0 Å². The maximum Gasteiger partial charge on any atom is 0.303 e. The Hall–Kier alpha value is -0.220. The highest BCUT2D eigenvalue weighted by Gasteiger charge is 2.14. The van der Waals surface area contributed by atoms with Gasteiger partial charge in [-0.1, -0.05) is 6.42 Å². The van der Waals surface area contributed by atoms with Crippen molar-refractivity contribution in [1.29, 1.82) is 0 Å². The molecular weight excluding hydrogens is 210 g/mol. The summed E-state index contributed by atoms with van der Waals surface area (Å²) in [5, 5.41) is 11.9. The molecule has 2 N–H and O–H groups in total. The van der Waals surface area contributed by atoms with E-state index < -0.39 is 5.97 Å². The molecule has 88 valence electrons. The molecule has 0 radical (unpaired) electrons. The van der Waals surface area contributed by atoms with E-state index in [0.717, 1.165) is 38.3 Å². The number of unbranched alkanes of at least 4 members (excludes halogenated alkanes) is 2. The molecule has 0 aromatic rings. The zero-order valence-electron chi connectivity index (χ0n) is 9.21. The van der Waals surface area contributed by atoms with Crippen LogP contribution in [0, 0.1) is 5.92 Å². The standard InChI is InChI=1S/C11H21NO2S/c13-11(14)4-2-1-3-6-12-8-10-5-7-15-9-10/h10,12H,1-9H2,(H,13,14). The van der Waals surface area contributed by atoms with Crippen LogP contribution in [-0.4, -0.2) is 35.7 Å². The minimum absolute atomic E-state index is 0.319. The lowest BCUT2D eigenvalue weighted by Gasteiger charge is -2.09. The van der Waals surface area contributed by atoms with Crippen molar-refractivity contribution in [3.05, 3.63) is 0 Å². The number of hydrogen-bond donors (Lipinski definition) is 2. The fourth-order valence-electron chi connectivity index (χ4n) is 1.75. The van der Waals surface area contributed by atoms with Gasteiger partial charge in [0.05, 0.1) is 0 Å². The van der Waals surface area contributed by atoms with E-state index in [9.17, 15) is 4.79 Å². The highest BCUT2D eigenvalue weighted by Crippen LogP contribution is 2.22.